The van der Waals surface area contributed by atoms with Crippen molar-refractivity contribution in [1.82, 2.24) is 9.97 Å². The molecule has 2 unspecified atom stereocenters. The Hall–Kier alpha value is -1.16. The van der Waals surface area contributed by atoms with E-state index in [1.807, 2.05) is 0 Å². The first-order chi connectivity index (χ1) is 8.84. The predicted octanol–water partition coefficient (Wildman–Crippen LogP) is 2.07. The molecule has 2 atom stereocenters. The average Bonchev–Trinajstić information content (AvgIpc) is 2.77. The average molecular weight is 247 g/mol. The summed E-state index contributed by atoms with van der Waals surface area (Å²) in [6.07, 6.45) is 10.2. The van der Waals surface area contributed by atoms with Crippen LogP contribution < -0.4 is 5.32 Å². The summed E-state index contributed by atoms with van der Waals surface area (Å²) in [7, 11) is 0. The van der Waals surface area contributed by atoms with E-state index in [0.717, 1.165) is 37.9 Å². The highest BCUT2D eigenvalue weighted by atomic mass is 16.3. The van der Waals surface area contributed by atoms with E-state index in [2.05, 4.69) is 15.3 Å². The van der Waals surface area contributed by atoms with Crippen LogP contribution in [-0.4, -0.2) is 27.2 Å². The lowest BCUT2D eigenvalue weighted by molar-refractivity contribution is 0.144. The van der Waals surface area contributed by atoms with Crippen molar-refractivity contribution < 1.29 is 5.11 Å². The molecule has 0 radical (unpaired) electrons. The normalized spacial score (nSPS) is 27.6. The molecule has 0 bridgehead atoms. The summed E-state index contributed by atoms with van der Waals surface area (Å²) >= 11 is 0. The van der Waals surface area contributed by atoms with Crippen LogP contribution in [0.25, 0.3) is 0 Å². The number of hydrogen-bond donors (Lipinski definition) is 2. The lowest BCUT2D eigenvalue weighted by atomic mass is 10.1. The number of aliphatic hydroxyl groups excluding tert-OH is 1. The second-order valence-corrected chi connectivity index (χ2v) is 5.46. The van der Waals surface area contributed by atoms with Crippen molar-refractivity contribution in [1.29, 1.82) is 0 Å². The highest BCUT2D eigenvalue weighted by Gasteiger charge is 2.24. The Bertz CT molecular complexity index is 422. The molecule has 3 rings (SSSR count). The third-order valence-electron chi connectivity index (χ3n) is 4.18. The van der Waals surface area contributed by atoms with E-state index in [1.165, 1.54) is 30.5 Å². The number of nitrogens with one attached hydrogen (secondary N) is 1. The van der Waals surface area contributed by atoms with Crippen LogP contribution in [0.1, 0.15) is 49.8 Å². The second-order valence-electron chi connectivity index (χ2n) is 5.46. The van der Waals surface area contributed by atoms with Gasteiger partial charge < -0.3 is 10.4 Å². The molecule has 1 heterocycles. The molecule has 0 saturated heterocycles. The number of fused-ring (bicyclic) bond motifs is 1. The minimum atomic E-state index is -0.237. The summed E-state index contributed by atoms with van der Waals surface area (Å²) < 4.78 is 0. The van der Waals surface area contributed by atoms with E-state index < -0.39 is 0 Å². The van der Waals surface area contributed by atoms with E-state index in [9.17, 15) is 5.11 Å². The Morgan fingerprint density at radius 1 is 1.06 bits per heavy atom. The van der Waals surface area contributed by atoms with E-state index in [0.29, 0.717) is 0 Å². The van der Waals surface area contributed by atoms with E-state index in [4.69, 9.17) is 0 Å². The molecule has 1 fully saturated rings. The van der Waals surface area contributed by atoms with Gasteiger partial charge in [0.15, 0.2) is 0 Å². The van der Waals surface area contributed by atoms with Crippen molar-refractivity contribution >= 4 is 5.82 Å². The van der Waals surface area contributed by atoms with Gasteiger partial charge in [0.2, 0.25) is 0 Å². The summed E-state index contributed by atoms with van der Waals surface area (Å²) in [6, 6.07) is 0.159. The maximum Gasteiger partial charge on any atom is 0.133 e. The summed E-state index contributed by atoms with van der Waals surface area (Å²) in [4.78, 5) is 8.71. The molecule has 2 aliphatic rings. The van der Waals surface area contributed by atoms with Crippen molar-refractivity contribution in [3.05, 3.63) is 17.6 Å². The number of aromatic nitrogens is 2. The molecule has 18 heavy (non-hydrogen) atoms. The Labute approximate surface area is 108 Å². The Kier molecular flexibility index (Phi) is 3.46. The molecule has 0 aliphatic heterocycles. The topological polar surface area (TPSA) is 58.0 Å². The van der Waals surface area contributed by atoms with Gasteiger partial charge in [-0.25, -0.2) is 9.97 Å². The van der Waals surface area contributed by atoms with Crippen LogP contribution in [0.2, 0.25) is 0 Å². The molecule has 2 N–H and O–H groups in total. The van der Waals surface area contributed by atoms with Gasteiger partial charge in [-0.15, -0.1) is 0 Å². The van der Waals surface area contributed by atoms with Crippen LogP contribution in [0.5, 0.6) is 0 Å². The molecule has 2 aliphatic carbocycles. The molecular weight excluding hydrogens is 226 g/mol. The lowest BCUT2D eigenvalue weighted by Gasteiger charge is -2.23. The smallest absolute Gasteiger partial charge is 0.133 e. The number of aliphatic hydroxyl groups is 1. The molecule has 0 aromatic carbocycles. The van der Waals surface area contributed by atoms with Crippen molar-refractivity contribution in [2.45, 2.75) is 63.5 Å². The fraction of sp³-hybridized carbons (Fsp3) is 0.714. The molecule has 4 heteroatoms. The van der Waals surface area contributed by atoms with Crippen molar-refractivity contribution in [2.24, 2.45) is 0 Å². The number of aryl methyl sites for hydroxylation is 1. The van der Waals surface area contributed by atoms with Crippen LogP contribution >= 0.6 is 0 Å². The van der Waals surface area contributed by atoms with Crippen LogP contribution in [-0.2, 0) is 12.8 Å². The van der Waals surface area contributed by atoms with E-state index in [1.54, 1.807) is 6.33 Å². The van der Waals surface area contributed by atoms with Crippen molar-refractivity contribution in [2.75, 3.05) is 5.32 Å². The highest BCUT2D eigenvalue weighted by molar-refractivity contribution is 5.48. The third kappa shape index (κ3) is 2.34. The first kappa shape index (κ1) is 11.9. The zero-order valence-electron chi connectivity index (χ0n) is 10.7. The summed E-state index contributed by atoms with van der Waals surface area (Å²) in [5.74, 6) is 0.962. The van der Waals surface area contributed by atoms with Gasteiger partial charge in [-0.1, -0.05) is 19.3 Å². The third-order valence-corrected chi connectivity index (χ3v) is 4.18. The molecule has 1 aromatic heterocycles. The van der Waals surface area contributed by atoms with Gasteiger partial charge in [-0.05, 0) is 32.1 Å². The zero-order chi connectivity index (χ0) is 12.4. The first-order valence-corrected chi connectivity index (χ1v) is 7.12. The molecule has 98 valence electrons. The number of rotatable bonds is 2. The van der Waals surface area contributed by atoms with Gasteiger partial charge in [0.25, 0.3) is 0 Å². The van der Waals surface area contributed by atoms with Crippen LogP contribution in [0.4, 0.5) is 5.82 Å². The second kappa shape index (κ2) is 5.22. The number of anilines is 1. The van der Waals surface area contributed by atoms with Gasteiger partial charge >= 0.3 is 0 Å². The van der Waals surface area contributed by atoms with E-state index >= 15 is 0 Å². The largest absolute Gasteiger partial charge is 0.391 e. The van der Waals surface area contributed by atoms with E-state index in [-0.39, 0.29) is 12.1 Å². The SMILES string of the molecule is OC1CCCCCC1Nc1ncnc2c1CCC2. The highest BCUT2D eigenvalue weighted by Crippen LogP contribution is 2.27. The standard InChI is InChI=1S/C14H21N3O/c18-13-8-3-1-2-6-12(13)17-14-10-5-4-7-11(10)15-9-16-14/h9,12-13,18H,1-8H2,(H,15,16,17). The Morgan fingerprint density at radius 3 is 2.89 bits per heavy atom. The van der Waals surface area contributed by atoms with Gasteiger partial charge in [0.1, 0.15) is 12.1 Å². The van der Waals surface area contributed by atoms with Crippen LogP contribution in [0.15, 0.2) is 6.33 Å². The molecule has 0 spiro atoms. The maximum absolute atomic E-state index is 10.2. The fourth-order valence-electron chi connectivity index (χ4n) is 3.12. The summed E-state index contributed by atoms with van der Waals surface area (Å²) in [6.45, 7) is 0. The van der Waals surface area contributed by atoms with Gasteiger partial charge in [0, 0.05) is 11.3 Å². The molecule has 4 nitrogen and oxygen atoms in total. The van der Waals surface area contributed by atoms with Crippen molar-refractivity contribution in [3.8, 4) is 0 Å². The van der Waals surface area contributed by atoms with Crippen molar-refractivity contribution in [3.63, 3.8) is 0 Å². The fourth-order valence-corrected chi connectivity index (χ4v) is 3.12. The monoisotopic (exact) mass is 247 g/mol. The summed E-state index contributed by atoms with van der Waals surface area (Å²) in [5.41, 5.74) is 2.46. The first-order valence-electron chi connectivity index (χ1n) is 7.12. The lowest BCUT2D eigenvalue weighted by Crippen LogP contribution is -2.33. The van der Waals surface area contributed by atoms with Gasteiger partial charge in [-0.3, -0.25) is 0 Å². The molecule has 1 saturated carbocycles. The minimum Gasteiger partial charge on any atom is -0.391 e. The number of hydrogen-bond acceptors (Lipinski definition) is 4. The molecular formula is C14H21N3O. The van der Waals surface area contributed by atoms with Gasteiger partial charge in [-0.2, -0.15) is 0 Å². The van der Waals surface area contributed by atoms with Crippen LogP contribution in [0, 0.1) is 0 Å². The minimum absolute atomic E-state index is 0.159. The zero-order valence-corrected chi connectivity index (χ0v) is 10.7. The van der Waals surface area contributed by atoms with Crippen LogP contribution in [0.3, 0.4) is 0 Å². The quantitative estimate of drug-likeness (QED) is 0.786. The molecule has 1 aromatic rings. The summed E-state index contributed by atoms with van der Waals surface area (Å²) in [5, 5.41) is 13.6. The van der Waals surface area contributed by atoms with Gasteiger partial charge in [0.05, 0.1) is 12.1 Å². The molecule has 0 amide bonds. The maximum atomic E-state index is 10.2. The Balaban J connectivity index is 1.77. The Morgan fingerprint density at radius 2 is 1.94 bits per heavy atom. The number of nitrogens with zero attached hydrogens (tertiary/aromatic N) is 2. The predicted molar refractivity (Wildman–Crippen MR) is 70.6 cm³/mol.